The van der Waals surface area contributed by atoms with E-state index in [-0.39, 0.29) is 21.5 Å². The number of aromatic amines is 1. The summed E-state index contributed by atoms with van der Waals surface area (Å²) in [7, 11) is 1.55. The molecule has 0 amide bonds. The van der Waals surface area contributed by atoms with Crippen LogP contribution in [-0.4, -0.2) is 28.3 Å². The summed E-state index contributed by atoms with van der Waals surface area (Å²) in [5.41, 5.74) is -0.437. The normalized spacial score (nSPS) is 11.4. The number of alkyl halides is 2. The minimum absolute atomic E-state index is 0.0666. The molecule has 0 aliphatic carbocycles. The summed E-state index contributed by atoms with van der Waals surface area (Å²) < 4.78 is 47.2. The average Bonchev–Trinajstić information content (AvgIpc) is 2.64. The molecule has 5 nitrogen and oxygen atoms in total. The van der Waals surface area contributed by atoms with Crippen LogP contribution in [0.1, 0.15) is 18.4 Å². The summed E-state index contributed by atoms with van der Waals surface area (Å²) in [4.78, 5) is 19.1. The number of benzene rings is 1. The molecule has 0 spiro atoms. The van der Waals surface area contributed by atoms with Gasteiger partial charge in [-0.15, -0.1) is 0 Å². The van der Waals surface area contributed by atoms with Crippen LogP contribution in [0.25, 0.3) is 22.3 Å². The Labute approximate surface area is 157 Å². The zero-order chi connectivity index (χ0) is 19.6. The van der Waals surface area contributed by atoms with Gasteiger partial charge in [-0.25, -0.2) is 18.2 Å². The third-order valence-electron chi connectivity index (χ3n) is 4.08. The molecule has 0 unspecified atom stereocenters. The molecule has 1 N–H and O–H groups in total. The van der Waals surface area contributed by atoms with Gasteiger partial charge in [0.05, 0.1) is 11.1 Å². The molecule has 0 saturated heterocycles. The van der Waals surface area contributed by atoms with Gasteiger partial charge in [-0.3, -0.25) is 9.78 Å². The van der Waals surface area contributed by atoms with Gasteiger partial charge < -0.3 is 9.30 Å². The van der Waals surface area contributed by atoms with Crippen molar-refractivity contribution in [1.82, 2.24) is 14.5 Å². The zero-order valence-corrected chi connectivity index (χ0v) is 15.2. The number of hydrogen-bond acceptors (Lipinski definition) is 4. The first-order valence-electron chi connectivity index (χ1n) is 8.13. The molecule has 27 heavy (non-hydrogen) atoms. The highest BCUT2D eigenvalue weighted by molar-refractivity contribution is 7.71. The van der Waals surface area contributed by atoms with Crippen molar-refractivity contribution in [3.63, 3.8) is 0 Å². The molecular weight excluding hydrogens is 379 g/mol. The molecule has 1 aromatic carbocycles. The smallest absolute Gasteiger partial charge is 0.264 e. The van der Waals surface area contributed by atoms with Crippen molar-refractivity contribution in [3.05, 3.63) is 56.8 Å². The summed E-state index contributed by atoms with van der Waals surface area (Å²) in [6.07, 6.45) is -2.34. The fourth-order valence-electron chi connectivity index (χ4n) is 2.82. The number of hydrogen-bond donors (Lipinski definition) is 1. The van der Waals surface area contributed by atoms with Crippen LogP contribution in [-0.2, 0) is 11.3 Å². The van der Waals surface area contributed by atoms with Gasteiger partial charge >= 0.3 is 0 Å². The van der Waals surface area contributed by atoms with Gasteiger partial charge in [-0.1, -0.05) is 0 Å². The maximum atomic E-state index is 13.7. The van der Waals surface area contributed by atoms with Gasteiger partial charge in [0.2, 0.25) is 0 Å². The van der Waals surface area contributed by atoms with Gasteiger partial charge in [0, 0.05) is 31.4 Å². The Morgan fingerprint density at radius 1 is 1.30 bits per heavy atom. The zero-order valence-electron chi connectivity index (χ0n) is 14.3. The van der Waals surface area contributed by atoms with Crippen LogP contribution < -0.4 is 5.56 Å². The Morgan fingerprint density at radius 2 is 2.00 bits per heavy atom. The fraction of sp³-hybridized carbons (Fsp3) is 0.278. The van der Waals surface area contributed by atoms with Crippen LogP contribution in [0.3, 0.4) is 0 Å². The second-order valence-corrected chi connectivity index (χ2v) is 6.25. The Hall–Kier alpha value is -2.52. The monoisotopic (exact) mass is 395 g/mol. The molecular formula is C18H16F3N3O2S. The van der Waals surface area contributed by atoms with Crippen LogP contribution >= 0.6 is 12.2 Å². The number of methoxy groups -OCH3 is 1. The molecule has 0 bridgehead atoms. The summed E-state index contributed by atoms with van der Waals surface area (Å²) in [6, 6.07) is 6.46. The van der Waals surface area contributed by atoms with Crippen molar-refractivity contribution in [2.45, 2.75) is 19.4 Å². The second-order valence-electron chi connectivity index (χ2n) is 5.86. The molecule has 0 radical (unpaired) electrons. The van der Waals surface area contributed by atoms with E-state index in [1.807, 2.05) is 0 Å². The summed E-state index contributed by atoms with van der Waals surface area (Å²) in [6.45, 7) is 0.768. The lowest BCUT2D eigenvalue weighted by atomic mass is 10.1. The van der Waals surface area contributed by atoms with Crippen LogP contribution in [0.15, 0.2) is 35.1 Å². The lowest BCUT2D eigenvalue weighted by Crippen LogP contribution is -2.18. The van der Waals surface area contributed by atoms with Gasteiger partial charge in [0.15, 0.2) is 4.77 Å². The number of halogens is 3. The predicted molar refractivity (Wildman–Crippen MR) is 98.0 cm³/mol. The first kappa shape index (κ1) is 19.2. The molecule has 0 saturated carbocycles. The van der Waals surface area contributed by atoms with Crippen molar-refractivity contribution >= 4 is 23.3 Å². The quantitative estimate of drug-likeness (QED) is 0.501. The minimum atomic E-state index is -2.89. The number of ether oxygens (including phenoxy) is 1. The van der Waals surface area contributed by atoms with E-state index in [2.05, 4.69) is 9.97 Å². The van der Waals surface area contributed by atoms with E-state index in [0.29, 0.717) is 25.1 Å². The van der Waals surface area contributed by atoms with Gasteiger partial charge in [-0.2, -0.15) is 0 Å². The van der Waals surface area contributed by atoms with Gasteiger partial charge in [-0.05, 0) is 49.0 Å². The average molecular weight is 395 g/mol. The molecule has 0 aliphatic heterocycles. The highest BCUT2D eigenvalue weighted by atomic mass is 32.1. The van der Waals surface area contributed by atoms with Crippen LogP contribution in [0.4, 0.5) is 13.2 Å². The Bertz CT molecular complexity index is 1080. The van der Waals surface area contributed by atoms with E-state index in [1.165, 1.54) is 28.8 Å². The summed E-state index contributed by atoms with van der Waals surface area (Å²) >= 11 is 5.19. The van der Waals surface area contributed by atoms with E-state index in [0.717, 1.165) is 6.07 Å². The molecule has 142 valence electrons. The highest BCUT2D eigenvalue weighted by Gasteiger charge is 2.20. The van der Waals surface area contributed by atoms with Gasteiger partial charge in [0.25, 0.3) is 12.0 Å². The highest BCUT2D eigenvalue weighted by Crippen LogP contribution is 2.29. The first-order valence-corrected chi connectivity index (χ1v) is 8.54. The van der Waals surface area contributed by atoms with Gasteiger partial charge in [0.1, 0.15) is 11.5 Å². The number of pyridine rings is 1. The number of aryl methyl sites for hydroxylation is 1. The molecule has 2 heterocycles. The number of H-pyrrole nitrogens is 1. The van der Waals surface area contributed by atoms with Crippen molar-refractivity contribution in [1.29, 1.82) is 0 Å². The predicted octanol–water partition coefficient (Wildman–Crippen LogP) is 4.23. The Balaban J connectivity index is 2.31. The third kappa shape index (κ3) is 3.93. The van der Waals surface area contributed by atoms with Crippen LogP contribution in [0.5, 0.6) is 0 Å². The first-order chi connectivity index (χ1) is 12.9. The molecule has 3 aromatic rings. The molecule has 2 aromatic heterocycles. The number of nitrogens with one attached hydrogen (secondary N) is 1. The third-order valence-corrected chi connectivity index (χ3v) is 4.41. The van der Waals surface area contributed by atoms with Crippen molar-refractivity contribution in [2.24, 2.45) is 0 Å². The van der Waals surface area contributed by atoms with Crippen molar-refractivity contribution < 1.29 is 17.9 Å². The fourth-order valence-corrected chi connectivity index (χ4v) is 3.09. The summed E-state index contributed by atoms with van der Waals surface area (Å²) in [5.74, 6) is -0.451. The number of aromatic nitrogens is 3. The summed E-state index contributed by atoms with van der Waals surface area (Å²) in [5, 5.41) is -0.207. The van der Waals surface area contributed by atoms with Crippen LogP contribution in [0.2, 0.25) is 0 Å². The maximum absolute atomic E-state index is 13.7. The largest absolute Gasteiger partial charge is 0.385 e. The molecule has 0 aliphatic rings. The Kier molecular flexibility index (Phi) is 5.71. The molecule has 9 heteroatoms. The van der Waals surface area contributed by atoms with E-state index in [1.54, 1.807) is 7.11 Å². The minimum Gasteiger partial charge on any atom is -0.385 e. The van der Waals surface area contributed by atoms with Crippen molar-refractivity contribution in [3.8, 4) is 11.3 Å². The number of rotatable bonds is 6. The van der Waals surface area contributed by atoms with Crippen LogP contribution in [0, 0.1) is 10.6 Å². The number of nitrogens with zero attached hydrogens (tertiary/aromatic N) is 2. The Morgan fingerprint density at radius 3 is 2.63 bits per heavy atom. The van der Waals surface area contributed by atoms with E-state index >= 15 is 0 Å². The lowest BCUT2D eigenvalue weighted by molar-refractivity contribution is 0.153. The second kappa shape index (κ2) is 8.01. The van der Waals surface area contributed by atoms with Crippen molar-refractivity contribution in [2.75, 3.05) is 13.7 Å². The standard InChI is InChI=1S/C18H16F3N3O2S/c1-26-8-2-7-24-16-14(17(25)23-18(24)27)12(15(20)21)9-13(22-16)10-3-5-11(19)6-4-10/h3-6,9,15H,2,7-8H2,1H3,(H,23,25,27). The molecule has 0 atom stereocenters. The van der Waals surface area contributed by atoms with E-state index in [9.17, 15) is 18.0 Å². The number of fused-ring (bicyclic) bond motifs is 1. The molecule has 0 fully saturated rings. The van der Waals surface area contributed by atoms with E-state index in [4.69, 9.17) is 17.0 Å². The lowest BCUT2D eigenvalue weighted by Gasteiger charge is -2.14. The maximum Gasteiger partial charge on any atom is 0.264 e. The van der Waals surface area contributed by atoms with E-state index < -0.39 is 23.4 Å². The topological polar surface area (TPSA) is 59.9 Å². The SMILES string of the molecule is COCCCn1c(=S)[nH]c(=O)c2c(C(F)F)cc(-c3ccc(F)cc3)nc21. The molecule has 3 rings (SSSR count).